The van der Waals surface area contributed by atoms with Gasteiger partial charge in [0.25, 0.3) is 0 Å². The van der Waals surface area contributed by atoms with Gasteiger partial charge < -0.3 is 4.90 Å². The lowest BCUT2D eigenvalue weighted by molar-refractivity contribution is -0.133. The Morgan fingerprint density at radius 1 is 1.17 bits per heavy atom. The number of carbonyl (C=O) groups excluding carboxylic acids is 1. The van der Waals surface area contributed by atoms with E-state index in [0.717, 1.165) is 24.5 Å². The zero-order chi connectivity index (χ0) is 16.6. The quantitative estimate of drug-likeness (QED) is 0.815. The molecule has 2 aromatic rings. The highest BCUT2D eigenvalue weighted by molar-refractivity contribution is 6.30. The molecule has 1 saturated carbocycles. The van der Waals surface area contributed by atoms with Crippen LogP contribution in [0.25, 0.3) is 0 Å². The summed E-state index contributed by atoms with van der Waals surface area (Å²) in [5, 5.41) is 0.624. The molecule has 0 aliphatic heterocycles. The van der Waals surface area contributed by atoms with E-state index in [1.54, 1.807) is 19.2 Å². The van der Waals surface area contributed by atoms with E-state index in [1.165, 1.54) is 17.0 Å². The first-order valence-corrected chi connectivity index (χ1v) is 7.76. The minimum Gasteiger partial charge on any atom is -0.341 e. The van der Waals surface area contributed by atoms with Gasteiger partial charge in [0, 0.05) is 30.2 Å². The molecule has 2 aromatic carbocycles. The van der Waals surface area contributed by atoms with Crippen LogP contribution in [-0.2, 0) is 16.8 Å². The monoisotopic (exact) mass is 335 g/mol. The van der Waals surface area contributed by atoms with E-state index >= 15 is 0 Å². The van der Waals surface area contributed by atoms with Gasteiger partial charge in [-0.3, -0.25) is 4.79 Å². The van der Waals surface area contributed by atoms with Crippen molar-refractivity contribution in [1.82, 2.24) is 4.90 Å². The number of halogens is 3. The molecule has 0 radical (unpaired) electrons. The zero-order valence-electron chi connectivity index (χ0n) is 12.7. The molecular formula is C18H16ClF2NO. The van der Waals surface area contributed by atoms with Crippen molar-refractivity contribution in [2.24, 2.45) is 0 Å². The molecule has 0 bridgehead atoms. The van der Waals surface area contributed by atoms with Crippen molar-refractivity contribution in [1.29, 1.82) is 0 Å². The molecule has 0 heterocycles. The maximum atomic E-state index is 13.8. The molecule has 0 unspecified atom stereocenters. The fourth-order valence-electron chi connectivity index (χ4n) is 2.86. The number of likely N-dealkylation sites (N-methyl/N-ethyl adjacent to an activating group) is 1. The average Bonchev–Trinajstić information content (AvgIpc) is 3.31. The molecule has 1 aliphatic rings. The van der Waals surface area contributed by atoms with Crippen molar-refractivity contribution in [2.75, 3.05) is 7.05 Å². The number of carbonyl (C=O) groups is 1. The number of hydrogen-bond acceptors (Lipinski definition) is 1. The van der Waals surface area contributed by atoms with Gasteiger partial charge in [-0.05, 0) is 36.6 Å². The van der Waals surface area contributed by atoms with Gasteiger partial charge in [0.05, 0.1) is 5.41 Å². The molecular weight excluding hydrogens is 320 g/mol. The number of amides is 1. The Labute approximate surface area is 138 Å². The molecule has 1 aliphatic carbocycles. The van der Waals surface area contributed by atoms with Crippen molar-refractivity contribution in [3.05, 3.63) is 70.2 Å². The summed E-state index contributed by atoms with van der Waals surface area (Å²) in [4.78, 5) is 14.3. The zero-order valence-corrected chi connectivity index (χ0v) is 13.4. The molecule has 0 saturated heterocycles. The smallest absolute Gasteiger partial charge is 0.233 e. The van der Waals surface area contributed by atoms with Gasteiger partial charge in [-0.15, -0.1) is 0 Å². The van der Waals surface area contributed by atoms with Crippen LogP contribution in [0.3, 0.4) is 0 Å². The second-order valence-electron chi connectivity index (χ2n) is 5.99. The van der Waals surface area contributed by atoms with Crippen LogP contribution >= 0.6 is 11.6 Å². The van der Waals surface area contributed by atoms with E-state index in [2.05, 4.69) is 0 Å². The molecule has 0 aromatic heterocycles. The van der Waals surface area contributed by atoms with Crippen molar-refractivity contribution >= 4 is 17.5 Å². The highest BCUT2D eigenvalue weighted by Gasteiger charge is 2.52. The van der Waals surface area contributed by atoms with Crippen LogP contribution in [0.4, 0.5) is 8.78 Å². The topological polar surface area (TPSA) is 20.3 Å². The molecule has 2 nitrogen and oxygen atoms in total. The Morgan fingerprint density at radius 3 is 2.39 bits per heavy atom. The molecule has 1 amide bonds. The van der Waals surface area contributed by atoms with Crippen LogP contribution in [0.15, 0.2) is 42.5 Å². The van der Waals surface area contributed by atoms with Crippen molar-refractivity contribution in [2.45, 2.75) is 24.8 Å². The first-order chi connectivity index (χ1) is 10.9. The average molecular weight is 336 g/mol. The van der Waals surface area contributed by atoms with E-state index in [4.69, 9.17) is 11.6 Å². The third-order valence-electron chi connectivity index (χ3n) is 4.33. The fraction of sp³-hybridized carbons (Fsp3) is 0.278. The van der Waals surface area contributed by atoms with Crippen LogP contribution in [-0.4, -0.2) is 17.9 Å². The lowest BCUT2D eigenvalue weighted by atomic mass is 9.94. The van der Waals surface area contributed by atoms with Crippen LogP contribution < -0.4 is 0 Å². The fourth-order valence-corrected chi connectivity index (χ4v) is 2.99. The maximum absolute atomic E-state index is 13.8. The van der Waals surface area contributed by atoms with Gasteiger partial charge >= 0.3 is 0 Å². The van der Waals surface area contributed by atoms with Crippen molar-refractivity contribution in [3.8, 4) is 0 Å². The van der Waals surface area contributed by atoms with E-state index in [0.29, 0.717) is 10.6 Å². The molecule has 0 atom stereocenters. The standard InChI is InChI=1S/C18H16ClF2NO/c1-22(11-12-2-7-15(20)10-16(12)21)17(23)18(8-9-18)13-3-5-14(19)6-4-13/h2-7,10H,8-9,11H2,1H3. The second-order valence-corrected chi connectivity index (χ2v) is 6.42. The molecule has 1 fully saturated rings. The SMILES string of the molecule is CN(Cc1ccc(F)cc1F)C(=O)C1(c2ccc(Cl)cc2)CC1. The highest BCUT2D eigenvalue weighted by atomic mass is 35.5. The summed E-state index contributed by atoms with van der Waals surface area (Å²) < 4.78 is 26.7. The van der Waals surface area contributed by atoms with Crippen molar-refractivity contribution in [3.63, 3.8) is 0 Å². The van der Waals surface area contributed by atoms with Crippen LogP contribution in [0.2, 0.25) is 5.02 Å². The minimum atomic E-state index is -0.638. The summed E-state index contributed by atoms with van der Waals surface area (Å²) in [6.07, 6.45) is 1.54. The summed E-state index contributed by atoms with van der Waals surface area (Å²) in [7, 11) is 1.64. The largest absolute Gasteiger partial charge is 0.341 e. The first-order valence-electron chi connectivity index (χ1n) is 7.38. The van der Waals surface area contributed by atoms with E-state index < -0.39 is 17.0 Å². The van der Waals surface area contributed by atoms with Crippen LogP contribution in [0, 0.1) is 11.6 Å². The number of benzene rings is 2. The van der Waals surface area contributed by atoms with Crippen LogP contribution in [0.5, 0.6) is 0 Å². The first kappa shape index (κ1) is 15.9. The van der Waals surface area contributed by atoms with E-state index in [1.807, 2.05) is 12.1 Å². The molecule has 3 rings (SSSR count). The van der Waals surface area contributed by atoms with Crippen LogP contribution in [0.1, 0.15) is 24.0 Å². The van der Waals surface area contributed by atoms with Gasteiger partial charge in [-0.1, -0.05) is 29.8 Å². The van der Waals surface area contributed by atoms with Gasteiger partial charge in [-0.2, -0.15) is 0 Å². The number of hydrogen-bond donors (Lipinski definition) is 0. The maximum Gasteiger partial charge on any atom is 0.233 e. The Kier molecular flexibility index (Phi) is 4.11. The molecule has 0 N–H and O–H groups in total. The molecule has 5 heteroatoms. The van der Waals surface area contributed by atoms with Gasteiger partial charge in [0.15, 0.2) is 0 Å². The Balaban J connectivity index is 1.78. The number of nitrogens with zero attached hydrogens (tertiary/aromatic N) is 1. The third kappa shape index (κ3) is 3.08. The summed E-state index contributed by atoms with van der Waals surface area (Å²) in [5.41, 5.74) is 0.697. The lowest BCUT2D eigenvalue weighted by Gasteiger charge is -2.24. The number of rotatable bonds is 4. The second kappa shape index (κ2) is 5.93. The van der Waals surface area contributed by atoms with Gasteiger partial charge in [-0.25, -0.2) is 8.78 Å². The predicted octanol–water partition coefficient (Wildman–Crippen LogP) is 4.31. The van der Waals surface area contributed by atoms with Crippen molar-refractivity contribution < 1.29 is 13.6 Å². The van der Waals surface area contributed by atoms with Gasteiger partial charge in [0.1, 0.15) is 11.6 Å². The predicted molar refractivity (Wildman–Crippen MR) is 85.2 cm³/mol. The normalized spacial score (nSPS) is 15.3. The lowest BCUT2D eigenvalue weighted by Crippen LogP contribution is -2.36. The Hall–Kier alpha value is -1.94. The summed E-state index contributed by atoms with van der Waals surface area (Å²) in [5.74, 6) is -1.32. The molecule has 23 heavy (non-hydrogen) atoms. The Morgan fingerprint density at radius 2 is 1.83 bits per heavy atom. The summed E-state index contributed by atoms with van der Waals surface area (Å²) >= 11 is 5.89. The minimum absolute atomic E-state index is 0.0523. The third-order valence-corrected chi connectivity index (χ3v) is 4.58. The van der Waals surface area contributed by atoms with E-state index in [9.17, 15) is 13.6 Å². The molecule has 0 spiro atoms. The van der Waals surface area contributed by atoms with E-state index in [-0.39, 0.29) is 12.5 Å². The Bertz CT molecular complexity index is 741. The molecule has 120 valence electrons. The highest BCUT2D eigenvalue weighted by Crippen LogP contribution is 2.49. The summed E-state index contributed by atoms with van der Waals surface area (Å²) in [6.45, 7) is 0.111. The summed E-state index contributed by atoms with van der Waals surface area (Å²) in [6, 6.07) is 10.7. The van der Waals surface area contributed by atoms with Gasteiger partial charge in [0.2, 0.25) is 5.91 Å².